The van der Waals surface area contributed by atoms with E-state index in [1.54, 1.807) is 17.2 Å². The number of ether oxygens (including phenoxy) is 1. The Labute approximate surface area is 143 Å². The number of ketones is 1. The molecular weight excluding hydrogens is 314 g/mol. The van der Waals surface area contributed by atoms with Gasteiger partial charge in [0.05, 0.1) is 17.8 Å². The number of rotatable bonds is 7. The second-order valence-corrected chi connectivity index (χ2v) is 7.09. The van der Waals surface area contributed by atoms with E-state index < -0.39 is 5.60 Å². The summed E-state index contributed by atoms with van der Waals surface area (Å²) in [5.74, 6) is 0.280. The summed E-state index contributed by atoms with van der Waals surface area (Å²) in [6, 6.07) is 3.60. The molecule has 0 aliphatic rings. The normalized spacial score (nSPS) is 12.6. The number of carbonyl (C=O) groups excluding carboxylic acids is 2. The number of hydrogen-bond donors (Lipinski definition) is 0. The van der Waals surface area contributed by atoms with Crippen molar-refractivity contribution < 1.29 is 18.7 Å². The van der Waals surface area contributed by atoms with Crippen LogP contribution in [0.15, 0.2) is 22.8 Å². The Morgan fingerprint density at radius 1 is 1.39 bits per heavy atom. The molecule has 0 aliphatic carbocycles. The number of esters is 1. The fourth-order valence-corrected chi connectivity index (χ4v) is 2.37. The van der Waals surface area contributed by atoms with Crippen LogP contribution in [0.5, 0.6) is 0 Å². The van der Waals surface area contributed by atoms with Crippen LogP contribution >= 0.6 is 12.2 Å². The van der Waals surface area contributed by atoms with E-state index in [-0.39, 0.29) is 24.2 Å². The predicted molar refractivity (Wildman–Crippen MR) is 92.0 cm³/mol. The third-order valence-electron chi connectivity index (χ3n) is 2.99. The second-order valence-electron chi connectivity index (χ2n) is 6.67. The van der Waals surface area contributed by atoms with Crippen molar-refractivity contribution in [2.24, 2.45) is 5.92 Å². The monoisotopic (exact) mass is 339 g/mol. The number of furan rings is 1. The summed E-state index contributed by atoms with van der Waals surface area (Å²) in [5.41, 5.74) is -0.556. The number of thiocarbonyl (C=S) groups is 1. The van der Waals surface area contributed by atoms with E-state index in [0.717, 1.165) is 0 Å². The van der Waals surface area contributed by atoms with E-state index in [4.69, 9.17) is 21.4 Å². The van der Waals surface area contributed by atoms with Crippen LogP contribution in [0.3, 0.4) is 0 Å². The molecule has 0 bridgehead atoms. The smallest absolute Gasteiger partial charge is 0.326 e. The summed E-state index contributed by atoms with van der Waals surface area (Å²) in [4.78, 5) is 25.7. The molecule has 6 heteroatoms. The fourth-order valence-electron chi connectivity index (χ4n) is 2.16. The van der Waals surface area contributed by atoms with E-state index >= 15 is 0 Å². The minimum absolute atomic E-state index is 0.0268. The Bertz CT molecular complexity index is 545. The fraction of sp³-hybridized carbons (Fsp3) is 0.588. The minimum atomic E-state index is -0.556. The zero-order chi connectivity index (χ0) is 17.6. The molecule has 0 fully saturated rings. The van der Waals surface area contributed by atoms with Crippen molar-refractivity contribution in [1.29, 1.82) is 0 Å². The van der Waals surface area contributed by atoms with E-state index in [1.165, 1.54) is 6.92 Å². The van der Waals surface area contributed by atoms with Gasteiger partial charge in [-0.25, -0.2) is 0 Å². The number of Topliss-reactive ketones (excluding diaryl/α,β-unsaturated/α-hetero) is 1. The highest BCUT2D eigenvalue weighted by Crippen LogP contribution is 2.15. The molecule has 1 unspecified atom stereocenters. The minimum Gasteiger partial charge on any atom is -0.467 e. The third kappa shape index (κ3) is 7.41. The highest BCUT2D eigenvalue weighted by Gasteiger charge is 2.24. The molecule has 0 N–H and O–H groups in total. The predicted octanol–water partition coefficient (Wildman–Crippen LogP) is 3.37. The van der Waals surface area contributed by atoms with Gasteiger partial charge in [0.2, 0.25) is 0 Å². The molecule has 1 rings (SSSR count). The van der Waals surface area contributed by atoms with Crippen molar-refractivity contribution in [3.05, 3.63) is 24.2 Å². The van der Waals surface area contributed by atoms with Gasteiger partial charge in [0.1, 0.15) is 23.7 Å². The van der Waals surface area contributed by atoms with Gasteiger partial charge in [-0.1, -0.05) is 19.1 Å². The molecule has 1 heterocycles. The van der Waals surface area contributed by atoms with Crippen LogP contribution in [-0.4, -0.2) is 33.8 Å². The van der Waals surface area contributed by atoms with Crippen LogP contribution in [-0.2, 0) is 20.9 Å². The quantitative estimate of drug-likeness (QED) is 0.561. The first-order chi connectivity index (χ1) is 10.6. The number of hydrogen-bond acceptors (Lipinski definition) is 5. The van der Waals surface area contributed by atoms with E-state index in [9.17, 15) is 9.59 Å². The van der Waals surface area contributed by atoms with Crippen LogP contribution in [0.1, 0.15) is 46.8 Å². The SMILES string of the molecule is CC(=O)CC(C)C(=S)N(CC(=O)OC(C)(C)C)Cc1ccco1. The average Bonchev–Trinajstić information content (AvgIpc) is 2.86. The maximum atomic E-state index is 12.1. The summed E-state index contributed by atoms with van der Waals surface area (Å²) in [7, 11) is 0. The van der Waals surface area contributed by atoms with Crippen molar-refractivity contribution in [3.8, 4) is 0 Å². The highest BCUT2D eigenvalue weighted by molar-refractivity contribution is 7.80. The lowest BCUT2D eigenvalue weighted by Gasteiger charge is -2.28. The van der Waals surface area contributed by atoms with Gasteiger partial charge in [-0.15, -0.1) is 0 Å². The van der Waals surface area contributed by atoms with Crippen LogP contribution in [0.2, 0.25) is 0 Å². The number of carbonyl (C=O) groups is 2. The maximum Gasteiger partial charge on any atom is 0.326 e. The van der Waals surface area contributed by atoms with Crippen LogP contribution in [0.25, 0.3) is 0 Å². The molecule has 0 radical (unpaired) electrons. The summed E-state index contributed by atoms with van der Waals surface area (Å²) in [6.07, 6.45) is 1.92. The highest BCUT2D eigenvalue weighted by atomic mass is 32.1. The molecule has 0 amide bonds. The molecule has 5 nitrogen and oxygen atoms in total. The standard InChI is InChI=1S/C17H25NO4S/c1-12(9-13(2)19)16(23)18(10-14-7-6-8-21-14)11-15(20)22-17(3,4)5/h6-8,12H,9-11H2,1-5H3. The van der Waals surface area contributed by atoms with Gasteiger partial charge in [-0.2, -0.15) is 0 Å². The van der Waals surface area contributed by atoms with Gasteiger partial charge >= 0.3 is 5.97 Å². The topological polar surface area (TPSA) is 59.8 Å². The summed E-state index contributed by atoms with van der Waals surface area (Å²) < 4.78 is 10.7. The first kappa shape index (κ1) is 19.4. The average molecular weight is 339 g/mol. The molecule has 23 heavy (non-hydrogen) atoms. The first-order valence-electron chi connectivity index (χ1n) is 7.61. The molecule has 1 aromatic rings. The summed E-state index contributed by atoms with van der Waals surface area (Å²) in [6.45, 7) is 9.26. The van der Waals surface area contributed by atoms with Gasteiger partial charge in [-0.3, -0.25) is 4.79 Å². The van der Waals surface area contributed by atoms with Gasteiger partial charge in [0.15, 0.2) is 0 Å². The molecule has 0 aliphatic heterocycles. The zero-order valence-electron chi connectivity index (χ0n) is 14.4. The summed E-state index contributed by atoms with van der Waals surface area (Å²) >= 11 is 5.47. The van der Waals surface area contributed by atoms with E-state index in [0.29, 0.717) is 23.7 Å². The van der Waals surface area contributed by atoms with Crippen molar-refractivity contribution in [2.45, 2.75) is 53.2 Å². The Morgan fingerprint density at radius 3 is 2.52 bits per heavy atom. The Morgan fingerprint density at radius 2 is 2.04 bits per heavy atom. The largest absolute Gasteiger partial charge is 0.467 e. The van der Waals surface area contributed by atoms with Gasteiger partial charge in [0.25, 0.3) is 0 Å². The number of nitrogens with zero attached hydrogens (tertiary/aromatic N) is 1. The molecule has 1 atom stereocenters. The zero-order valence-corrected chi connectivity index (χ0v) is 15.2. The van der Waals surface area contributed by atoms with Crippen molar-refractivity contribution in [2.75, 3.05) is 6.54 Å². The van der Waals surface area contributed by atoms with E-state index in [1.807, 2.05) is 33.8 Å². The van der Waals surface area contributed by atoms with Crippen molar-refractivity contribution >= 4 is 29.0 Å². The molecule has 0 saturated heterocycles. The summed E-state index contributed by atoms with van der Waals surface area (Å²) in [5, 5.41) is 0. The first-order valence-corrected chi connectivity index (χ1v) is 8.02. The van der Waals surface area contributed by atoms with E-state index in [2.05, 4.69) is 0 Å². The Balaban J connectivity index is 2.82. The lowest BCUT2D eigenvalue weighted by Crippen LogP contribution is -2.40. The molecule has 0 spiro atoms. The van der Waals surface area contributed by atoms with Gasteiger partial charge in [-0.05, 0) is 39.8 Å². The van der Waals surface area contributed by atoms with Gasteiger partial charge < -0.3 is 18.8 Å². The molecule has 128 valence electrons. The Hall–Kier alpha value is -1.69. The molecule has 0 aromatic carbocycles. The van der Waals surface area contributed by atoms with Crippen LogP contribution < -0.4 is 0 Å². The third-order valence-corrected chi connectivity index (χ3v) is 3.65. The lowest BCUT2D eigenvalue weighted by molar-refractivity contribution is -0.155. The van der Waals surface area contributed by atoms with Gasteiger partial charge in [0, 0.05) is 12.3 Å². The molecule has 0 saturated carbocycles. The molecule has 1 aromatic heterocycles. The maximum absolute atomic E-state index is 12.1. The van der Waals surface area contributed by atoms with Crippen molar-refractivity contribution in [1.82, 2.24) is 4.90 Å². The second kappa shape index (κ2) is 8.24. The van der Waals surface area contributed by atoms with Crippen molar-refractivity contribution in [3.63, 3.8) is 0 Å². The van der Waals surface area contributed by atoms with Crippen LogP contribution in [0.4, 0.5) is 0 Å². The Kier molecular flexibility index (Phi) is 6.94. The van der Waals surface area contributed by atoms with Crippen LogP contribution in [0, 0.1) is 5.92 Å². The lowest BCUT2D eigenvalue weighted by atomic mass is 10.0. The molecular formula is C17H25NO4S.